The Morgan fingerprint density at radius 1 is 1.06 bits per heavy atom. The van der Waals surface area contributed by atoms with Gasteiger partial charge in [0.25, 0.3) is 0 Å². The van der Waals surface area contributed by atoms with Gasteiger partial charge in [-0.05, 0) is 86.2 Å². The number of hydrogen-bond donors (Lipinski definition) is 2. The number of rotatable bonds is 4. The predicted molar refractivity (Wildman–Crippen MR) is 144 cm³/mol. The van der Waals surface area contributed by atoms with E-state index >= 15 is 0 Å². The van der Waals surface area contributed by atoms with Crippen LogP contribution < -0.4 is 10.2 Å². The first-order chi connectivity index (χ1) is 16.3. The number of hydrogen-bond acceptors (Lipinski definition) is 3. The van der Waals surface area contributed by atoms with Crippen LogP contribution in [0.1, 0.15) is 34.7 Å². The largest absolute Gasteiger partial charge is 0.506 e. The highest BCUT2D eigenvalue weighted by Crippen LogP contribution is 2.46. The summed E-state index contributed by atoms with van der Waals surface area (Å²) in [6.45, 7) is 4.20. The van der Waals surface area contributed by atoms with Crippen molar-refractivity contribution in [2.45, 2.75) is 25.9 Å². The van der Waals surface area contributed by atoms with Gasteiger partial charge in [-0.2, -0.15) is 0 Å². The van der Waals surface area contributed by atoms with Crippen molar-refractivity contribution >= 4 is 50.5 Å². The van der Waals surface area contributed by atoms with E-state index in [0.717, 1.165) is 32.8 Å². The number of aryl methyl sites for hydroxylation is 1. The highest BCUT2D eigenvalue weighted by atomic mass is 79.9. The Morgan fingerprint density at radius 3 is 2.62 bits per heavy atom. The fourth-order valence-electron chi connectivity index (χ4n) is 4.72. The van der Waals surface area contributed by atoms with Crippen molar-refractivity contribution in [3.05, 3.63) is 105 Å². The molecule has 2 unspecified atom stereocenters. The summed E-state index contributed by atoms with van der Waals surface area (Å²) in [5, 5.41) is 15.2. The van der Waals surface area contributed by atoms with Gasteiger partial charge in [0.05, 0.1) is 23.5 Å². The van der Waals surface area contributed by atoms with Crippen LogP contribution in [0, 0.1) is 13.8 Å². The van der Waals surface area contributed by atoms with E-state index in [9.17, 15) is 5.11 Å². The number of halogens is 2. The lowest BCUT2D eigenvalue weighted by molar-refractivity contribution is 0.472. The lowest BCUT2D eigenvalue weighted by Gasteiger charge is -2.28. The molecule has 1 aliphatic rings. The number of pyridine rings is 1. The van der Waals surface area contributed by atoms with Crippen molar-refractivity contribution in [3.8, 4) is 11.4 Å². The smallest absolute Gasteiger partial charge is 0.174 e. The Balaban J connectivity index is 1.71. The molecule has 0 amide bonds. The Kier molecular flexibility index (Phi) is 6.10. The molecule has 1 fully saturated rings. The molecule has 5 nitrogen and oxygen atoms in total. The summed E-state index contributed by atoms with van der Waals surface area (Å²) >= 11 is 15.7. The number of aromatic hydroxyl groups is 1. The molecule has 2 aromatic carbocycles. The molecule has 2 atom stereocenters. The molecule has 4 aromatic rings. The molecule has 8 heteroatoms. The molecular weight excluding hydrogens is 532 g/mol. The molecule has 3 heterocycles. The van der Waals surface area contributed by atoms with E-state index in [-0.39, 0.29) is 17.8 Å². The third kappa shape index (κ3) is 3.98. The zero-order chi connectivity index (χ0) is 24.0. The average Bonchev–Trinajstić information content (AvgIpc) is 3.31. The van der Waals surface area contributed by atoms with Crippen LogP contribution in [0.4, 0.5) is 5.69 Å². The summed E-state index contributed by atoms with van der Waals surface area (Å²) in [5.74, 6) is 0.112. The van der Waals surface area contributed by atoms with Gasteiger partial charge >= 0.3 is 0 Å². The second kappa shape index (κ2) is 9.06. The Morgan fingerprint density at radius 2 is 1.88 bits per heavy atom. The molecular formula is C26H22BrClN4OS. The van der Waals surface area contributed by atoms with E-state index < -0.39 is 0 Å². The molecule has 0 spiro atoms. The van der Waals surface area contributed by atoms with Crippen molar-refractivity contribution in [2.75, 3.05) is 4.90 Å². The fourth-order valence-corrected chi connectivity index (χ4v) is 5.61. The van der Waals surface area contributed by atoms with Crippen LogP contribution in [-0.4, -0.2) is 19.8 Å². The minimum Gasteiger partial charge on any atom is -0.506 e. The SMILES string of the molecule is Cc1cc(C2C(c3ccccn3)NC(=S)N2c2cc(Cl)ccc2O)c(C)n1-c1cccc(Br)c1. The summed E-state index contributed by atoms with van der Waals surface area (Å²) in [7, 11) is 0. The van der Waals surface area contributed by atoms with Crippen LogP contribution in [0.3, 0.4) is 0 Å². The van der Waals surface area contributed by atoms with E-state index in [1.54, 1.807) is 24.4 Å². The van der Waals surface area contributed by atoms with E-state index in [4.69, 9.17) is 23.8 Å². The summed E-state index contributed by atoms with van der Waals surface area (Å²) < 4.78 is 3.24. The van der Waals surface area contributed by atoms with Gasteiger partial charge < -0.3 is 19.9 Å². The number of nitrogens with one attached hydrogen (secondary N) is 1. The Bertz CT molecular complexity index is 1390. The van der Waals surface area contributed by atoms with Crippen LogP contribution >= 0.6 is 39.7 Å². The molecule has 2 aromatic heterocycles. The van der Waals surface area contributed by atoms with Gasteiger partial charge in [-0.3, -0.25) is 4.98 Å². The zero-order valence-electron chi connectivity index (χ0n) is 18.5. The second-order valence-electron chi connectivity index (χ2n) is 8.27. The molecule has 1 aliphatic heterocycles. The van der Waals surface area contributed by atoms with Crippen molar-refractivity contribution in [3.63, 3.8) is 0 Å². The number of benzene rings is 2. The monoisotopic (exact) mass is 552 g/mol. The van der Waals surface area contributed by atoms with Crippen LogP contribution in [0.5, 0.6) is 5.75 Å². The number of aromatic nitrogens is 2. The maximum absolute atomic E-state index is 10.8. The van der Waals surface area contributed by atoms with Crippen LogP contribution in [-0.2, 0) is 0 Å². The van der Waals surface area contributed by atoms with E-state index in [2.05, 4.69) is 62.8 Å². The lowest BCUT2D eigenvalue weighted by atomic mass is 9.96. The van der Waals surface area contributed by atoms with Gasteiger partial charge in [-0.25, -0.2) is 0 Å². The molecule has 0 radical (unpaired) electrons. The first kappa shape index (κ1) is 22.9. The fraction of sp³-hybridized carbons (Fsp3) is 0.154. The van der Waals surface area contributed by atoms with Gasteiger partial charge in [0.1, 0.15) is 5.75 Å². The molecule has 0 saturated carbocycles. The predicted octanol–water partition coefficient (Wildman–Crippen LogP) is 6.79. The van der Waals surface area contributed by atoms with Gasteiger partial charge in [0.15, 0.2) is 5.11 Å². The average molecular weight is 554 g/mol. The van der Waals surface area contributed by atoms with E-state index in [1.807, 2.05) is 35.2 Å². The lowest BCUT2D eigenvalue weighted by Crippen LogP contribution is -2.29. The number of nitrogens with zero attached hydrogens (tertiary/aromatic N) is 3. The standard InChI is InChI=1S/C26H22BrClN4OS/c1-15-12-20(16(2)31(15)19-7-5-6-17(27)13-19)25-24(21-8-3-4-11-29-21)30-26(34)32(25)22-14-18(28)9-10-23(22)33/h3-14,24-25,33H,1-2H3,(H,30,34). The van der Waals surface area contributed by atoms with Crippen molar-refractivity contribution in [1.82, 2.24) is 14.9 Å². The summed E-state index contributed by atoms with van der Waals surface area (Å²) in [4.78, 5) is 6.56. The van der Waals surface area contributed by atoms with Crippen LogP contribution in [0.25, 0.3) is 5.69 Å². The number of phenols is 1. The maximum atomic E-state index is 10.8. The van der Waals surface area contributed by atoms with E-state index in [0.29, 0.717) is 15.8 Å². The first-order valence-corrected chi connectivity index (χ1v) is 12.4. The molecule has 0 bridgehead atoms. The molecule has 1 saturated heterocycles. The van der Waals surface area contributed by atoms with Gasteiger partial charge in [-0.15, -0.1) is 0 Å². The molecule has 34 heavy (non-hydrogen) atoms. The third-order valence-corrected chi connectivity index (χ3v) is 7.19. The summed E-state index contributed by atoms with van der Waals surface area (Å²) in [5.41, 5.74) is 5.75. The van der Waals surface area contributed by atoms with Crippen LogP contribution in [0.2, 0.25) is 5.02 Å². The zero-order valence-corrected chi connectivity index (χ0v) is 21.7. The van der Waals surface area contributed by atoms with Crippen LogP contribution in [0.15, 0.2) is 77.4 Å². The minimum absolute atomic E-state index is 0.112. The normalized spacial score (nSPS) is 17.8. The van der Waals surface area contributed by atoms with Gasteiger partial charge in [0.2, 0.25) is 0 Å². The van der Waals surface area contributed by atoms with E-state index in [1.165, 1.54) is 0 Å². The number of phenolic OH excluding ortho intramolecular Hbond substituents is 1. The number of anilines is 1. The van der Waals surface area contributed by atoms with Crippen molar-refractivity contribution in [1.29, 1.82) is 0 Å². The highest BCUT2D eigenvalue weighted by Gasteiger charge is 2.43. The summed E-state index contributed by atoms with van der Waals surface area (Å²) in [6.07, 6.45) is 1.78. The Hall–Kier alpha value is -2.87. The maximum Gasteiger partial charge on any atom is 0.174 e. The third-order valence-electron chi connectivity index (χ3n) is 6.15. The molecule has 0 aliphatic carbocycles. The van der Waals surface area contributed by atoms with Gasteiger partial charge in [-0.1, -0.05) is 39.7 Å². The first-order valence-electron chi connectivity index (χ1n) is 10.8. The van der Waals surface area contributed by atoms with Crippen molar-refractivity contribution < 1.29 is 5.11 Å². The number of thiocarbonyl (C=S) groups is 1. The molecule has 2 N–H and O–H groups in total. The molecule has 5 rings (SSSR count). The minimum atomic E-state index is -0.251. The highest BCUT2D eigenvalue weighted by molar-refractivity contribution is 9.10. The topological polar surface area (TPSA) is 53.3 Å². The van der Waals surface area contributed by atoms with Crippen molar-refractivity contribution in [2.24, 2.45) is 0 Å². The summed E-state index contributed by atoms with van der Waals surface area (Å²) in [6, 6.07) is 20.8. The molecule has 172 valence electrons. The van der Waals surface area contributed by atoms with Gasteiger partial charge in [0, 0.05) is 32.8 Å². The second-order valence-corrected chi connectivity index (χ2v) is 10.0. The Labute approximate surface area is 217 Å². The quantitative estimate of drug-likeness (QED) is 0.273.